The minimum Gasteiger partial charge on any atom is -0.309 e. The van der Waals surface area contributed by atoms with Gasteiger partial charge in [0.1, 0.15) is 4.60 Å². The van der Waals surface area contributed by atoms with Crippen molar-refractivity contribution in [2.75, 3.05) is 11.4 Å². The zero-order valence-electron chi connectivity index (χ0n) is 8.19. The molecule has 0 saturated carbocycles. The Hall–Kier alpha value is -1.16. The summed E-state index contributed by atoms with van der Waals surface area (Å²) in [5, 5.41) is 0. The minimum atomic E-state index is 0.133. The molecule has 1 atom stereocenters. The molecular weight excluding hydrogens is 256 g/mol. The van der Waals surface area contributed by atoms with E-state index < -0.39 is 0 Å². The summed E-state index contributed by atoms with van der Waals surface area (Å²) < 4.78 is 0.711. The first-order valence-electron chi connectivity index (χ1n) is 4.76. The number of anilines is 1. The lowest BCUT2D eigenvalue weighted by atomic mass is 10.1. The van der Waals surface area contributed by atoms with Gasteiger partial charge < -0.3 is 4.90 Å². The Kier molecular flexibility index (Phi) is 2.86. The normalized spacial score (nSPS) is 20.7. The molecule has 78 valence electrons. The van der Waals surface area contributed by atoms with Crippen molar-refractivity contribution in [1.29, 1.82) is 0 Å². The average molecular weight is 267 g/mol. The Morgan fingerprint density at radius 3 is 3.07 bits per heavy atom. The summed E-state index contributed by atoms with van der Waals surface area (Å²) in [4.78, 5) is 17.6. The lowest BCUT2D eigenvalue weighted by molar-refractivity contribution is -0.117. The van der Waals surface area contributed by atoms with Gasteiger partial charge in [-0.25, -0.2) is 4.98 Å². The van der Waals surface area contributed by atoms with Gasteiger partial charge in [-0.1, -0.05) is 6.08 Å². The summed E-state index contributed by atoms with van der Waals surface area (Å²) in [7, 11) is 0. The summed E-state index contributed by atoms with van der Waals surface area (Å²) in [6, 6.07) is 3.72. The number of rotatable bonds is 2. The highest BCUT2D eigenvalue weighted by atomic mass is 79.9. The quantitative estimate of drug-likeness (QED) is 0.609. The average Bonchev–Trinajstić information content (AvgIpc) is 2.60. The molecule has 1 amide bonds. The van der Waals surface area contributed by atoms with Crippen LogP contribution in [0.15, 0.2) is 35.6 Å². The van der Waals surface area contributed by atoms with Crippen molar-refractivity contribution >= 4 is 27.5 Å². The SMILES string of the molecule is C=CC1CC(=O)N(c2cccnc2Br)C1. The fourth-order valence-corrected chi connectivity index (χ4v) is 2.17. The molecule has 0 aliphatic carbocycles. The number of carbonyl (C=O) groups excluding carboxylic acids is 1. The number of nitrogens with zero attached hydrogens (tertiary/aromatic N) is 2. The lowest BCUT2D eigenvalue weighted by Crippen LogP contribution is -2.24. The van der Waals surface area contributed by atoms with E-state index in [2.05, 4.69) is 27.5 Å². The molecule has 1 aliphatic rings. The summed E-state index contributed by atoms with van der Waals surface area (Å²) in [5.41, 5.74) is 0.840. The summed E-state index contributed by atoms with van der Waals surface area (Å²) >= 11 is 3.34. The smallest absolute Gasteiger partial charge is 0.227 e. The second-order valence-corrected chi connectivity index (χ2v) is 4.27. The van der Waals surface area contributed by atoms with E-state index in [4.69, 9.17) is 0 Å². The minimum absolute atomic E-state index is 0.133. The van der Waals surface area contributed by atoms with Gasteiger partial charge in [0, 0.05) is 25.1 Å². The van der Waals surface area contributed by atoms with Crippen LogP contribution in [0.4, 0.5) is 5.69 Å². The molecule has 1 aromatic rings. The van der Waals surface area contributed by atoms with E-state index in [0.717, 1.165) is 5.69 Å². The standard InChI is InChI=1S/C11H11BrN2O/c1-2-8-6-10(15)14(7-8)9-4-3-5-13-11(9)12/h2-5,8H,1,6-7H2. The topological polar surface area (TPSA) is 33.2 Å². The molecule has 0 aromatic carbocycles. The molecule has 1 aromatic heterocycles. The third kappa shape index (κ3) is 1.95. The molecule has 4 heteroatoms. The Morgan fingerprint density at radius 2 is 2.47 bits per heavy atom. The van der Waals surface area contributed by atoms with Gasteiger partial charge in [0.25, 0.3) is 0 Å². The number of halogens is 1. The number of hydrogen-bond donors (Lipinski definition) is 0. The predicted molar refractivity (Wildman–Crippen MR) is 62.6 cm³/mol. The summed E-state index contributed by atoms with van der Waals surface area (Å²) in [6.07, 6.45) is 4.08. The first-order valence-corrected chi connectivity index (χ1v) is 5.55. The third-order valence-electron chi connectivity index (χ3n) is 2.52. The molecule has 2 heterocycles. The molecule has 1 fully saturated rings. The Bertz CT molecular complexity index is 405. The molecule has 1 aliphatic heterocycles. The van der Waals surface area contributed by atoms with Gasteiger partial charge in [-0.3, -0.25) is 4.79 Å². The maximum Gasteiger partial charge on any atom is 0.227 e. The second-order valence-electron chi connectivity index (χ2n) is 3.52. The van der Waals surface area contributed by atoms with E-state index in [0.29, 0.717) is 17.6 Å². The summed E-state index contributed by atoms with van der Waals surface area (Å²) in [6.45, 7) is 4.42. The van der Waals surface area contributed by atoms with Gasteiger partial charge in [0.2, 0.25) is 5.91 Å². The van der Waals surface area contributed by atoms with E-state index in [1.807, 2.05) is 18.2 Å². The highest BCUT2D eigenvalue weighted by Crippen LogP contribution is 2.29. The lowest BCUT2D eigenvalue weighted by Gasteiger charge is -2.16. The molecule has 1 saturated heterocycles. The van der Waals surface area contributed by atoms with Crippen molar-refractivity contribution < 1.29 is 4.79 Å². The van der Waals surface area contributed by atoms with Crippen molar-refractivity contribution in [3.63, 3.8) is 0 Å². The molecular formula is C11H11BrN2O. The number of aromatic nitrogens is 1. The first-order chi connectivity index (χ1) is 7.22. The van der Waals surface area contributed by atoms with Crippen LogP contribution in [0.2, 0.25) is 0 Å². The monoisotopic (exact) mass is 266 g/mol. The fourth-order valence-electron chi connectivity index (χ4n) is 1.70. The molecule has 0 radical (unpaired) electrons. The first kappa shape index (κ1) is 10.4. The van der Waals surface area contributed by atoms with Crippen LogP contribution in [0.25, 0.3) is 0 Å². The zero-order valence-corrected chi connectivity index (χ0v) is 9.77. The predicted octanol–water partition coefficient (Wildman–Crippen LogP) is 2.38. The molecule has 1 unspecified atom stereocenters. The highest BCUT2D eigenvalue weighted by Gasteiger charge is 2.29. The van der Waals surface area contributed by atoms with E-state index in [1.54, 1.807) is 11.1 Å². The van der Waals surface area contributed by atoms with Crippen molar-refractivity contribution in [1.82, 2.24) is 4.98 Å². The number of pyridine rings is 1. The molecule has 0 bridgehead atoms. The van der Waals surface area contributed by atoms with Gasteiger partial charge in [-0.05, 0) is 28.1 Å². The molecule has 3 nitrogen and oxygen atoms in total. The largest absolute Gasteiger partial charge is 0.309 e. The van der Waals surface area contributed by atoms with Crippen molar-refractivity contribution in [2.24, 2.45) is 5.92 Å². The van der Waals surface area contributed by atoms with E-state index >= 15 is 0 Å². The molecule has 0 N–H and O–H groups in total. The maximum atomic E-state index is 11.7. The Morgan fingerprint density at radius 1 is 1.67 bits per heavy atom. The van der Waals surface area contributed by atoms with Crippen LogP contribution < -0.4 is 4.90 Å². The van der Waals surface area contributed by atoms with Gasteiger partial charge >= 0.3 is 0 Å². The number of hydrogen-bond acceptors (Lipinski definition) is 2. The fraction of sp³-hybridized carbons (Fsp3) is 0.273. The van der Waals surface area contributed by atoms with Gasteiger partial charge in [0.15, 0.2) is 0 Å². The van der Waals surface area contributed by atoms with Crippen LogP contribution >= 0.6 is 15.9 Å². The zero-order chi connectivity index (χ0) is 10.8. The van der Waals surface area contributed by atoms with Crippen LogP contribution in [0.5, 0.6) is 0 Å². The highest BCUT2D eigenvalue weighted by molar-refractivity contribution is 9.10. The van der Waals surface area contributed by atoms with Crippen LogP contribution in [0.3, 0.4) is 0 Å². The maximum absolute atomic E-state index is 11.7. The van der Waals surface area contributed by atoms with Crippen molar-refractivity contribution in [2.45, 2.75) is 6.42 Å². The third-order valence-corrected chi connectivity index (χ3v) is 3.13. The van der Waals surface area contributed by atoms with Crippen molar-refractivity contribution in [3.8, 4) is 0 Å². The van der Waals surface area contributed by atoms with Crippen LogP contribution in [0, 0.1) is 5.92 Å². The van der Waals surface area contributed by atoms with Crippen LogP contribution in [-0.2, 0) is 4.79 Å². The van der Waals surface area contributed by atoms with Gasteiger partial charge in [-0.15, -0.1) is 6.58 Å². The Labute approximate surface area is 96.9 Å². The summed E-state index contributed by atoms with van der Waals surface area (Å²) in [5.74, 6) is 0.387. The van der Waals surface area contributed by atoms with E-state index in [1.165, 1.54) is 0 Å². The van der Waals surface area contributed by atoms with Crippen LogP contribution in [0.1, 0.15) is 6.42 Å². The van der Waals surface area contributed by atoms with E-state index in [9.17, 15) is 4.79 Å². The molecule has 2 rings (SSSR count). The van der Waals surface area contributed by atoms with Crippen LogP contribution in [-0.4, -0.2) is 17.4 Å². The number of carbonyl (C=O) groups is 1. The Balaban J connectivity index is 2.29. The number of amides is 1. The van der Waals surface area contributed by atoms with E-state index in [-0.39, 0.29) is 11.8 Å². The molecule has 0 spiro atoms. The molecule has 15 heavy (non-hydrogen) atoms. The van der Waals surface area contributed by atoms with Crippen molar-refractivity contribution in [3.05, 3.63) is 35.6 Å². The van der Waals surface area contributed by atoms with Gasteiger partial charge in [-0.2, -0.15) is 0 Å². The van der Waals surface area contributed by atoms with Gasteiger partial charge in [0.05, 0.1) is 5.69 Å². The second kappa shape index (κ2) is 4.14.